The second-order valence-electron chi connectivity index (χ2n) is 9.96. The number of hydrogen-bond donors (Lipinski definition) is 2. The molecule has 0 aliphatic heterocycles. The van der Waals surface area contributed by atoms with E-state index in [-0.39, 0.29) is 31.3 Å². The van der Waals surface area contributed by atoms with E-state index in [4.69, 9.17) is 4.74 Å². The molecular formula is C23H28F2O6. The Morgan fingerprint density at radius 2 is 1.97 bits per heavy atom. The summed E-state index contributed by atoms with van der Waals surface area (Å²) in [5.41, 5.74) is -6.87. The minimum Gasteiger partial charge on any atom is -0.458 e. The van der Waals surface area contributed by atoms with E-state index in [2.05, 4.69) is 0 Å². The van der Waals surface area contributed by atoms with Crippen LogP contribution in [0.15, 0.2) is 23.8 Å². The molecule has 4 aliphatic rings. The second-order valence-corrected chi connectivity index (χ2v) is 9.96. The number of ether oxygens (including phenoxy) is 1. The van der Waals surface area contributed by atoms with Crippen molar-refractivity contribution < 1.29 is 38.1 Å². The van der Waals surface area contributed by atoms with Gasteiger partial charge < -0.3 is 14.9 Å². The highest BCUT2D eigenvalue weighted by molar-refractivity contribution is 6.01. The van der Waals surface area contributed by atoms with Crippen LogP contribution in [0.25, 0.3) is 0 Å². The molecule has 0 amide bonds. The normalized spacial score (nSPS) is 48.4. The van der Waals surface area contributed by atoms with Gasteiger partial charge in [0.25, 0.3) is 0 Å². The number of aliphatic hydroxyl groups excluding tert-OH is 1. The summed E-state index contributed by atoms with van der Waals surface area (Å²) in [6, 6.07) is 0. The lowest BCUT2D eigenvalue weighted by Gasteiger charge is -2.63. The molecule has 0 saturated heterocycles. The maximum absolute atomic E-state index is 16.9. The molecule has 170 valence electrons. The monoisotopic (exact) mass is 438 g/mol. The van der Waals surface area contributed by atoms with Crippen molar-refractivity contribution >= 4 is 17.5 Å². The number of rotatable bonds is 3. The lowest BCUT2D eigenvalue weighted by atomic mass is 9.44. The number of esters is 1. The molecule has 8 atom stereocenters. The molecule has 0 radical (unpaired) electrons. The van der Waals surface area contributed by atoms with Crippen LogP contribution >= 0.6 is 0 Å². The van der Waals surface area contributed by atoms with Gasteiger partial charge >= 0.3 is 5.97 Å². The van der Waals surface area contributed by atoms with Gasteiger partial charge in [0.05, 0.1) is 6.10 Å². The third-order valence-corrected chi connectivity index (χ3v) is 8.65. The van der Waals surface area contributed by atoms with E-state index in [1.54, 1.807) is 6.92 Å². The number of aliphatic hydroxyl groups is 2. The summed E-state index contributed by atoms with van der Waals surface area (Å²) in [7, 11) is 0. The van der Waals surface area contributed by atoms with E-state index in [0.717, 1.165) is 13.0 Å². The minimum atomic E-state index is -2.26. The zero-order valence-corrected chi connectivity index (χ0v) is 17.9. The highest BCUT2D eigenvalue weighted by atomic mass is 19.1. The van der Waals surface area contributed by atoms with Crippen LogP contribution in [0.1, 0.15) is 46.5 Å². The molecule has 0 aromatic heterocycles. The Labute approximate surface area is 179 Å². The number of allylic oxidation sites excluding steroid dienone is 4. The second kappa shape index (κ2) is 6.78. The van der Waals surface area contributed by atoms with E-state index in [9.17, 15) is 24.6 Å². The van der Waals surface area contributed by atoms with Crippen molar-refractivity contribution in [3.8, 4) is 0 Å². The van der Waals surface area contributed by atoms with E-state index < -0.39 is 70.4 Å². The van der Waals surface area contributed by atoms with Crippen LogP contribution < -0.4 is 0 Å². The number of alkyl halides is 2. The molecule has 31 heavy (non-hydrogen) atoms. The molecule has 4 aliphatic carbocycles. The molecule has 3 saturated carbocycles. The Morgan fingerprint density at radius 3 is 2.61 bits per heavy atom. The van der Waals surface area contributed by atoms with Gasteiger partial charge in [0, 0.05) is 23.7 Å². The average molecular weight is 438 g/mol. The van der Waals surface area contributed by atoms with Gasteiger partial charge in [-0.1, -0.05) is 13.0 Å². The van der Waals surface area contributed by atoms with Crippen molar-refractivity contribution in [2.45, 2.75) is 70.0 Å². The third kappa shape index (κ3) is 2.70. The standard InChI is InChI=1S/C23H28F2O6/c1-12(26)31-11-19(29)22(30)7-5-14-15-9-17(24)16-8-13(27)4-6-20(16,2)23(15,25)18(28)10-21(14,22)3/h4,6,8,14-15,17-18,28,30H,5,7,9-11H2,1-3H3/t14-,15-,17-,18-,20-,21-,22-,23-/m0/s1. The van der Waals surface area contributed by atoms with Gasteiger partial charge in [-0.3, -0.25) is 14.4 Å². The van der Waals surface area contributed by atoms with Crippen LogP contribution in [-0.4, -0.2) is 57.9 Å². The van der Waals surface area contributed by atoms with Crippen molar-refractivity contribution in [2.24, 2.45) is 22.7 Å². The Kier molecular flexibility index (Phi) is 4.87. The van der Waals surface area contributed by atoms with Gasteiger partial charge in [-0.15, -0.1) is 0 Å². The number of fused-ring (bicyclic) bond motifs is 5. The van der Waals surface area contributed by atoms with Crippen LogP contribution in [0.4, 0.5) is 8.78 Å². The fourth-order valence-electron chi connectivity index (χ4n) is 6.95. The molecular weight excluding hydrogens is 410 g/mol. The van der Waals surface area contributed by atoms with Crippen molar-refractivity contribution in [3.63, 3.8) is 0 Å². The van der Waals surface area contributed by atoms with Crippen LogP contribution in [0.3, 0.4) is 0 Å². The molecule has 0 aromatic carbocycles. The number of Topliss-reactive ketones (excluding diaryl/α,β-unsaturated/α-hetero) is 1. The van der Waals surface area contributed by atoms with Crippen molar-refractivity contribution in [2.75, 3.05) is 6.61 Å². The molecule has 0 spiro atoms. The van der Waals surface area contributed by atoms with Gasteiger partial charge in [0.2, 0.25) is 5.78 Å². The molecule has 0 heterocycles. The molecule has 0 aromatic rings. The van der Waals surface area contributed by atoms with E-state index in [1.807, 2.05) is 0 Å². The Hall–Kier alpha value is -1.93. The van der Waals surface area contributed by atoms with Gasteiger partial charge in [-0.05, 0) is 56.3 Å². The maximum atomic E-state index is 16.9. The number of halogens is 2. The zero-order valence-electron chi connectivity index (χ0n) is 17.9. The lowest BCUT2D eigenvalue weighted by molar-refractivity contribution is -0.222. The summed E-state index contributed by atoms with van der Waals surface area (Å²) in [4.78, 5) is 35.8. The van der Waals surface area contributed by atoms with Crippen molar-refractivity contribution in [3.05, 3.63) is 23.8 Å². The molecule has 4 rings (SSSR count). The summed E-state index contributed by atoms with van der Waals surface area (Å²) >= 11 is 0. The predicted molar refractivity (Wildman–Crippen MR) is 105 cm³/mol. The van der Waals surface area contributed by atoms with Gasteiger partial charge in [0.1, 0.15) is 11.8 Å². The lowest BCUT2D eigenvalue weighted by Crippen LogP contribution is -2.70. The number of ketones is 2. The van der Waals surface area contributed by atoms with E-state index in [0.29, 0.717) is 0 Å². The minimum absolute atomic E-state index is 0.0122. The number of carbonyl (C=O) groups is 3. The highest BCUT2D eigenvalue weighted by Crippen LogP contribution is 2.70. The summed E-state index contributed by atoms with van der Waals surface area (Å²) in [6.45, 7) is 3.66. The van der Waals surface area contributed by atoms with Crippen LogP contribution in [0.2, 0.25) is 0 Å². The summed E-state index contributed by atoms with van der Waals surface area (Å²) in [5, 5.41) is 22.5. The summed E-state index contributed by atoms with van der Waals surface area (Å²) in [6.07, 6.45) is 0.327. The predicted octanol–water partition coefficient (Wildman–Crippen LogP) is 2.17. The number of carbonyl (C=O) groups excluding carboxylic acids is 3. The molecule has 2 N–H and O–H groups in total. The fourth-order valence-corrected chi connectivity index (χ4v) is 6.95. The van der Waals surface area contributed by atoms with E-state index in [1.165, 1.54) is 19.1 Å². The molecule has 0 unspecified atom stereocenters. The summed E-state index contributed by atoms with van der Waals surface area (Å²) in [5.74, 6) is -3.32. The van der Waals surface area contributed by atoms with Crippen molar-refractivity contribution in [1.82, 2.24) is 0 Å². The van der Waals surface area contributed by atoms with Gasteiger partial charge in [-0.2, -0.15) is 0 Å². The van der Waals surface area contributed by atoms with Gasteiger partial charge in [0.15, 0.2) is 18.1 Å². The molecule has 6 nitrogen and oxygen atoms in total. The first-order valence-corrected chi connectivity index (χ1v) is 10.7. The molecule has 3 fully saturated rings. The fraction of sp³-hybridized carbons (Fsp3) is 0.696. The topological polar surface area (TPSA) is 101 Å². The largest absolute Gasteiger partial charge is 0.458 e. The summed E-state index contributed by atoms with van der Waals surface area (Å²) < 4.78 is 36.9. The average Bonchev–Trinajstić information content (AvgIpc) is 2.96. The number of hydrogen-bond acceptors (Lipinski definition) is 6. The Morgan fingerprint density at radius 1 is 1.29 bits per heavy atom. The Bertz CT molecular complexity index is 914. The molecule has 0 bridgehead atoms. The van der Waals surface area contributed by atoms with Crippen LogP contribution in [-0.2, 0) is 19.1 Å². The quantitative estimate of drug-likeness (QED) is 0.655. The SMILES string of the molecule is CC(=O)OCC(=O)[C@@]1(O)CC[C@H]2[C@@H]3C[C@H](F)C4=CC(=O)C=C[C@]4(C)[C@@]3(F)[C@@H](O)C[C@@]21C. The maximum Gasteiger partial charge on any atom is 0.303 e. The Balaban J connectivity index is 1.75. The van der Waals surface area contributed by atoms with E-state index >= 15 is 8.78 Å². The van der Waals surface area contributed by atoms with Crippen LogP contribution in [0, 0.1) is 22.7 Å². The molecule has 8 heteroatoms. The van der Waals surface area contributed by atoms with Crippen LogP contribution in [0.5, 0.6) is 0 Å². The smallest absolute Gasteiger partial charge is 0.303 e. The third-order valence-electron chi connectivity index (χ3n) is 8.65. The highest BCUT2D eigenvalue weighted by Gasteiger charge is 2.75. The van der Waals surface area contributed by atoms with Crippen molar-refractivity contribution in [1.29, 1.82) is 0 Å². The first-order chi connectivity index (χ1) is 14.3. The van der Waals surface area contributed by atoms with Gasteiger partial charge in [-0.25, -0.2) is 8.78 Å². The zero-order chi connectivity index (χ0) is 23.0. The first kappa shape index (κ1) is 22.3. The first-order valence-electron chi connectivity index (χ1n) is 10.7.